The van der Waals surface area contributed by atoms with Crippen LogP contribution in [0.4, 0.5) is 0 Å². The van der Waals surface area contributed by atoms with Gasteiger partial charge in [-0.05, 0) is 60.8 Å². The molecule has 19 heavy (non-hydrogen) atoms. The highest BCUT2D eigenvalue weighted by Crippen LogP contribution is 2.54. The minimum Gasteiger partial charge on any atom is -0.478 e. The Labute approximate surface area is 118 Å². The van der Waals surface area contributed by atoms with E-state index >= 15 is 0 Å². The van der Waals surface area contributed by atoms with Gasteiger partial charge in [0, 0.05) is 10.6 Å². The summed E-state index contributed by atoms with van der Waals surface area (Å²) < 4.78 is 0. The Bertz CT molecular complexity index is 538. The van der Waals surface area contributed by atoms with Crippen LogP contribution in [-0.4, -0.2) is 11.1 Å². The molecule has 0 radical (unpaired) electrons. The van der Waals surface area contributed by atoms with Crippen molar-refractivity contribution in [2.24, 2.45) is 5.41 Å². The van der Waals surface area contributed by atoms with Gasteiger partial charge in [-0.15, -0.1) is 0 Å². The fourth-order valence-corrected chi connectivity index (χ4v) is 3.50. The molecule has 0 saturated heterocycles. The zero-order chi connectivity index (χ0) is 13.5. The van der Waals surface area contributed by atoms with E-state index in [1.54, 1.807) is 0 Å². The summed E-state index contributed by atoms with van der Waals surface area (Å²) in [6, 6.07) is 7.56. The summed E-state index contributed by atoms with van der Waals surface area (Å²) >= 11 is 5.91. The maximum absolute atomic E-state index is 11.4. The SMILES string of the molecule is O=C(O)C1=C(c2ccc(Cl)cc2)CC2(CCC2)CC1. The van der Waals surface area contributed by atoms with Crippen molar-refractivity contribution in [1.29, 1.82) is 0 Å². The molecular formula is C16H17ClO2. The van der Waals surface area contributed by atoms with Crippen molar-refractivity contribution < 1.29 is 9.90 Å². The zero-order valence-corrected chi connectivity index (χ0v) is 11.5. The monoisotopic (exact) mass is 276 g/mol. The van der Waals surface area contributed by atoms with E-state index in [0.717, 1.165) is 24.0 Å². The molecule has 3 heteroatoms. The molecule has 0 amide bonds. The number of aliphatic carboxylic acids is 1. The Morgan fingerprint density at radius 1 is 1.16 bits per heavy atom. The van der Waals surface area contributed by atoms with Crippen LogP contribution in [0.2, 0.25) is 5.02 Å². The molecule has 2 aliphatic carbocycles. The Morgan fingerprint density at radius 2 is 1.84 bits per heavy atom. The number of carboxylic acid groups (broad SMARTS) is 1. The maximum atomic E-state index is 11.4. The van der Waals surface area contributed by atoms with Crippen LogP contribution in [0.15, 0.2) is 29.8 Å². The number of halogens is 1. The van der Waals surface area contributed by atoms with Gasteiger partial charge in [-0.1, -0.05) is 30.2 Å². The van der Waals surface area contributed by atoms with Crippen molar-refractivity contribution in [1.82, 2.24) is 0 Å². The van der Waals surface area contributed by atoms with Gasteiger partial charge in [0.2, 0.25) is 0 Å². The van der Waals surface area contributed by atoms with Crippen LogP contribution in [0.3, 0.4) is 0 Å². The lowest BCUT2D eigenvalue weighted by Crippen LogP contribution is -2.33. The van der Waals surface area contributed by atoms with Gasteiger partial charge in [-0.2, -0.15) is 0 Å². The third-order valence-electron chi connectivity index (χ3n) is 4.69. The smallest absolute Gasteiger partial charge is 0.331 e. The number of carbonyl (C=O) groups is 1. The highest BCUT2D eigenvalue weighted by Gasteiger charge is 2.41. The first kappa shape index (κ1) is 12.7. The van der Waals surface area contributed by atoms with Crippen LogP contribution in [0.25, 0.3) is 5.57 Å². The molecule has 0 unspecified atom stereocenters. The summed E-state index contributed by atoms with van der Waals surface area (Å²) in [6.45, 7) is 0. The Kier molecular flexibility index (Phi) is 3.14. The van der Waals surface area contributed by atoms with Gasteiger partial charge in [0.15, 0.2) is 0 Å². The first-order valence-electron chi connectivity index (χ1n) is 6.81. The third kappa shape index (κ3) is 2.30. The van der Waals surface area contributed by atoms with Crippen molar-refractivity contribution in [3.8, 4) is 0 Å². The number of benzene rings is 1. The summed E-state index contributed by atoms with van der Waals surface area (Å²) in [5.41, 5.74) is 3.02. The lowest BCUT2D eigenvalue weighted by molar-refractivity contribution is -0.133. The van der Waals surface area contributed by atoms with Crippen molar-refractivity contribution in [3.05, 3.63) is 40.4 Å². The molecule has 100 valence electrons. The molecule has 0 bridgehead atoms. The van der Waals surface area contributed by atoms with Gasteiger partial charge in [-0.25, -0.2) is 4.79 Å². The van der Waals surface area contributed by atoms with Crippen molar-refractivity contribution in [3.63, 3.8) is 0 Å². The molecule has 3 rings (SSSR count). The van der Waals surface area contributed by atoms with Crippen molar-refractivity contribution in [2.45, 2.75) is 38.5 Å². The first-order chi connectivity index (χ1) is 9.10. The Balaban J connectivity index is 2.01. The fourth-order valence-electron chi connectivity index (χ4n) is 3.38. The zero-order valence-electron chi connectivity index (χ0n) is 10.8. The minimum absolute atomic E-state index is 0.383. The minimum atomic E-state index is -0.765. The second kappa shape index (κ2) is 4.68. The molecule has 1 N–H and O–H groups in total. The summed E-state index contributed by atoms with van der Waals surface area (Å²) in [5.74, 6) is -0.765. The molecule has 0 atom stereocenters. The number of allylic oxidation sites excluding steroid dienone is 1. The van der Waals surface area contributed by atoms with E-state index in [9.17, 15) is 9.90 Å². The van der Waals surface area contributed by atoms with E-state index in [1.165, 1.54) is 19.3 Å². The number of hydrogen-bond acceptors (Lipinski definition) is 1. The highest BCUT2D eigenvalue weighted by atomic mass is 35.5. The normalized spacial score (nSPS) is 21.3. The largest absolute Gasteiger partial charge is 0.478 e. The molecule has 0 aliphatic heterocycles. The second-order valence-electron chi connectivity index (χ2n) is 5.80. The van der Waals surface area contributed by atoms with E-state index in [-0.39, 0.29) is 0 Å². The third-order valence-corrected chi connectivity index (χ3v) is 4.94. The molecule has 1 fully saturated rings. The summed E-state index contributed by atoms with van der Waals surface area (Å²) in [7, 11) is 0. The predicted molar refractivity (Wildman–Crippen MR) is 76.1 cm³/mol. The number of carboxylic acids is 1. The Morgan fingerprint density at radius 3 is 2.37 bits per heavy atom. The van der Waals surface area contributed by atoms with E-state index in [0.29, 0.717) is 22.4 Å². The lowest BCUT2D eigenvalue weighted by Gasteiger charge is -2.46. The summed E-state index contributed by atoms with van der Waals surface area (Å²) in [5, 5.41) is 10.1. The van der Waals surface area contributed by atoms with Gasteiger partial charge in [0.25, 0.3) is 0 Å². The molecular weight excluding hydrogens is 260 g/mol. The van der Waals surface area contributed by atoms with Gasteiger partial charge >= 0.3 is 5.97 Å². The Hall–Kier alpha value is -1.28. The van der Waals surface area contributed by atoms with Crippen LogP contribution >= 0.6 is 11.6 Å². The molecule has 0 aromatic heterocycles. The summed E-state index contributed by atoms with van der Waals surface area (Å²) in [4.78, 5) is 11.4. The molecule has 0 heterocycles. The molecule has 2 nitrogen and oxygen atoms in total. The van der Waals surface area contributed by atoms with E-state index in [2.05, 4.69) is 0 Å². The molecule has 1 spiro atoms. The van der Waals surface area contributed by atoms with Gasteiger partial charge < -0.3 is 5.11 Å². The van der Waals surface area contributed by atoms with E-state index in [1.807, 2.05) is 24.3 Å². The van der Waals surface area contributed by atoms with Crippen LogP contribution < -0.4 is 0 Å². The highest BCUT2D eigenvalue weighted by molar-refractivity contribution is 6.30. The van der Waals surface area contributed by atoms with Gasteiger partial charge in [0.05, 0.1) is 0 Å². The fraction of sp³-hybridized carbons (Fsp3) is 0.438. The van der Waals surface area contributed by atoms with Crippen LogP contribution in [0, 0.1) is 5.41 Å². The molecule has 2 aliphatic rings. The molecule has 1 aromatic rings. The number of hydrogen-bond donors (Lipinski definition) is 1. The van der Waals surface area contributed by atoms with Gasteiger partial charge in [-0.3, -0.25) is 0 Å². The van der Waals surface area contributed by atoms with Crippen LogP contribution in [0.5, 0.6) is 0 Å². The second-order valence-corrected chi connectivity index (χ2v) is 6.24. The maximum Gasteiger partial charge on any atom is 0.331 e. The number of rotatable bonds is 2. The lowest BCUT2D eigenvalue weighted by atomic mass is 9.59. The predicted octanol–water partition coefficient (Wildman–Crippen LogP) is 4.53. The topological polar surface area (TPSA) is 37.3 Å². The quantitative estimate of drug-likeness (QED) is 0.861. The van der Waals surface area contributed by atoms with E-state index in [4.69, 9.17) is 11.6 Å². The van der Waals surface area contributed by atoms with Crippen molar-refractivity contribution >= 4 is 23.1 Å². The average molecular weight is 277 g/mol. The van der Waals surface area contributed by atoms with E-state index < -0.39 is 5.97 Å². The molecule has 1 saturated carbocycles. The standard InChI is InChI=1S/C16H17ClO2/c17-12-4-2-11(3-5-12)14-10-16(7-1-8-16)9-6-13(14)15(18)19/h2-5H,1,6-10H2,(H,18,19). The molecule has 1 aromatic carbocycles. The van der Waals surface area contributed by atoms with Crippen LogP contribution in [0.1, 0.15) is 44.1 Å². The van der Waals surface area contributed by atoms with Crippen molar-refractivity contribution in [2.75, 3.05) is 0 Å². The van der Waals surface area contributed by atoms with Crippen LogP contribution in [-0.2, 0) is 4.79 Å². The average Bonchev–Trinajstić information content (AvgIpc) is 2.37. The first-order valence-corrected chi connectivity index (χ1v) is 7.19. The summed E-state index contributed by atoms with van der Waals surface area (Å²) in [6.07, 6.45) is 6.43. The van der Waals surface area contributed by atoms with Gasteiger partial charge in [0.1, 0.15) is 0 Å².